The first-order valence-corrected chi connectivity index (χ1v) is 5.69. The lowest BCUT2D eigenvalue weighted by atomic mass is 10.3. The zero-order chi connectivity index (χ0) is 13.1. The minimum absolute atomic E-state index is 0.150. The Labute approximate surface area is 113 Å². The van der Waals surface area contributed by atoms with E-state index in [4.69, 9.17) is 29.6 Å². The van der Waals surface area contributed by atoms with Gasteiger partial charge in [0, 0.05) is 0 Å². The Bertz CT molecular complexity index is 568. The molecular formula is C11H8ClFN4S. The summed E-state index contributed by atoms with van der Waals surface area (Å²) >= 11 is 10.6. The highest BCUT2D eigenvalue weighted by Gasteiger charge is 2.08. The van der Waals surface area contributed by atoms with Crippen molar-refractivity contribution in [2.45, 2.75) is 0 Å². The fourth-order valence-corrected chi connectivity index (χ4v) is 1.58. The van der Waals surface area contributed by atoms with Gasteiger partial charge in [-0.3, -0.25) is 0 Å². The van der Waals surface area contributed by atoms with Crippen molar-refractivity contribution in [1.29, 1.82) is 0 Å². The third-order valence-corrected chi connectivity index (χ3v) is 2.64. The van der Waals surface area contributed by atoms with Gasteiger partial charge in [-0.05, 0) is 12.1 Å². The van der Waals surface area contributed by atoms with Crippen molar-refractivity contribution < 1.29 is 4.39 Å². The lowest BCUT2D eigenvalue weighted by Crippen LogP contribution is -2.12. The SMILES string of the molecule is NC(=S)c1cnc(Nc2c(F)cccc2Cl)cn1. The van der Waals surface area contributed by atoms with Crippen molar-refractivity contribution in [3.05, 3.63) is 47.1 Å². The van der Waals surface area contributed by atoms with Gasteiger partial charge in [0.05, 0.1) is 23.1 Å². The van der Waals surface area contributed by atoms with E-state index in [9.17, 15) is 4.39 Å². The summed E-state index contributed by atoms with van der Waals surface area (Å²) in [5.41, 5.74) is 5.94. The summed E-state index contributed by atoms with van der Waals surface area (Å²) in [6.45, 7) is 0. The van der Waals surface area contributed by atoms with Gasteiger partial charge in [-0.2, -0.15) is 0 Å². The molecule has 0 radical (unpaired) electrons. The number of aromatic nitrogens is 2. The molecule has 0 saturated carbocycles. The molecule has 0 fully saturated rings. The fourth-order valence-electron chi connectivity index (χ4n) is 1.27. The average molecular weight is 283 g/mol. The predicted molar refractivity (Wildman–Crippen MR) is 72.6 cm³/mol. The standard InChI is InChI=1S/C11H8ClFN4S/c12-6-2-1-3-7(13)10(6)17-9-5-15-8(4-16-9)11(14)18/h1-5H,(H2,14,18)(H,16,17). The van der Waals surface area contributed by atoms with Gasteiger partial charge in [-0.15, -0.1) is 0 Å². The molecule has 92 valence electrons. The minimum atomic E-state index is -0.470. The molecule has 0 bridgehead atoms. The summed E-state index contributed by atoms with van der Waals surface area (Å²) in [6.07, 6.45) is 2.80. The Morgan fingerprint density at radius 2 is 2.11 bits per heavy atom. The van der Waals surface area contributed by atoms with Crippen molar-refractivity contribution >= 4 is 40.3 Å². The van der Waals surface area contributed by atoms with E-state index in [1.165, 1.54) is 24.5 Å². The maximum atomic E-state index is 13.5. The van der Waals surface area contributed by atoms with E-state index >= 15 is 0 Å². The Morgan fingerprint density at radius 3 is 2.67 bits per heavy atom. The number of hydrogen-bond acceptors (Lipinski definition) is 4. The van der Waals surface area contributed by atoms with Crippen LogP contribution in [0.3, 0.4) is 0 Å². The fraction of sp³-hybridized carbons (Fsp3) is 0. The number of halogens is 2. The number of hydrogen-bond donors (Lipinski definition) is 2. The molecule has 3 N–H and O–H groups in total. The molecule has 0 saturated heterocycles. The number of nitrogens with one attached hydrogen (secondary N) is 1. The van der Waals surface area contributed by atoms with Crippen molar-refractivity contribution in [2.75, 3.05) is 5.32 Å². The summed E-state index contributed by atoms with van der Waals surface area (Å²) in [4.78, 5) is 8.14. The molecule has 1 aromatic carbocycles. The summed E-state index contributed by atoms with van der Waals surface area (Å²) in [7, 11) is 0. The molecule has 0 aliphatic carbocycles. The van der Waals surface area contributed by atoms with Gasteiger partial charge >= 0.3 is 0 Å². The van der Waals surface area contributed by atoms with E-state index in [1.807, 2.05) is 0 Å². The lowest BCUT2D eigenvalue weighted by molar-refractivity contribution is 0.632. The van der Waals surface area contributed by atoms with E-state index in [0.717, 1.165) is 0 Å². The maximum Gasteiger partial charge on any atom is 0.149 e. The predicted octanol–water partition coefficient (Wildman–Crippen LogP) is 2.65. The van der Waals surface area contributed by atoms with Crippen LogP contribution in [0.2, 0.25) is 5.02 Å². The van der Waals surface area contributed by atoms with E-state index in [2.05, 4.69) is 15.3 Å². The van der Waals surface area contributed by atoms with Crippen LogP contribution in [0.5, 0.6) is 0 Å². The monoisotopic (exact) mass is 282 g/mol. The third-order valence-electron chi connectivity index (χ3n) is 2.12. The highest BCUT2D eigenvalue weighted by Crippen LogP contribution is 2.26. The first kappa shape index (κ1) is 12.7. The molecule has 2 aromatic rings. The van der Waals surface area contributed by atoms with Gasteiger partial charge in [0.25, 0.3) is 0 Å². The van der Waals surface area contributed by atoms with Crippen molar-refractivity contribution in [1.82, 2.24) is 9.97 Å². The van der Waals surface area contributed by atoms with E-state index in [0.29, 0.717) is 11.5 Å². The Morgan fingerprint density at radius 1 is 1.33 bits per heavy atom. The maximum absolute atomic E-state index is 13.5. The number of nitrogens with zero attached hydrogens (tertiary/aromatic N) is 2. The number of nitrogens with two attached hydrogens (primary N) is 1. The molecule has 0 aliphatic heterocycles. The molecule has 7 heteroatoms. The van der Waals surface area contributed by atoms with Gasteiger partial charge in [0.2, 0.25) is 0 Å². The van der Waals surface area contributed by atoms with Crippen LogP contribution in [0.4, 0.5) is 15.9 Å². The highest BCUT2D eigenvalue weighted by atomic mass is 35.5. The normalized spacial score (nSPS) is 10.1. The van der Waals surface area contributed by atoms with Crippen molar-refractivity contribution in [3.63, 3.8) is 0 Å². The van der Waals surface area contributed by atoms with E-state index in [-0.39, 0.29) is 15.7 Å². The topological polar surface area (TPSA) is 63.8 Å². The number of thiocarbonyl (C=S) groups is 1. The molecule has 0 atom stereocenters. The minimum Gasteiger partial charge on any atom is -0.388 e. The molecule has 2 rings (SSSR count). The second-order valence-corrected chi connectivity index (χ2v) is 4.22. The number of anilines is 2. The van der Waals surface area contributed by atoms with E-state index < -0.39 is 5.82 Å². The first-order chi connectivity index (χ1) is 8.58. The van der Waals surface area contributed by atoms with Crippen LogP contribution in [0.15, 0.2) is 30.6 Å². The van der Waals surface area contributed by atoms with Crippen LogP contribution >= 0.6 is 23.8 Å². The van der Waals surface area contributed by atoms with Gasteiger partial charge in [-0.1, -0.05) is 29.9 Å². The molecule has 0 amide bonds. The summed E-state index contributed by atoms with van der Waals surface area (Å²) < 4.78 is 13.5. The Kier molecular flexibility index (Phi) is 3.69. The van der Waals surface area contributed by atoms with Gasteiger partial charge in [-0.25, -0.2) is 14.4 Å². The van der Waals surface area contributed by atoms with Crippen LogP contribution in [0.25, 0.3) is 0 Å². The quantitative estimate of drug-likeness (QED) is 0.848. The number of benzene rings is 1. The lowest BCUT2D eigenvalue weighted by Gasteiger charge is -2.08. The van der Waals surface area contributed by atoms with Gasteiger partial charge in [0.1, 0.15) is 22.3 Å². The van der Waals surface area contributed by atoms with Crippen molar-refractivity contribution in [2.24, 2.45) is 5.73 Å². The molecule has 0 spiro atoms. The first-order valence-electron chi connectivity index (χ1n) is 4.91. The molecule has 0 aliphatic rings. The molecule has 1 heterocycles. The van der Waals surface area contributed by atoms with Crippen LogP contribution < -0.4 is 11.1 Å². The van der Waals surface area contributed by atoms with Crippen LogP contribution in [-0.4, -0.2) is 15.0 Å². The summed E-state index contributed by atoms with van der Waals surface area (Å²) in [6, 6.07) is 4.39. The molecule has 18 heavy (non-hydrogen) atoms. The Balaban J connectivity index is 2.26. The van der Waals surface area contributed by atoms with E-state index in [1.54, 1.807) is 6.07 Å². The highest BCUT2D eigenvalue weighted by molar-refractivity contribution is 7.80. The zero-order valence-electron chi connectivity index (χ0n) is 9.02. The number of para-hydroxylation sites is 1. The molecule has 1 aromatic heterocycles. The zero-order valence-corrected chi connectivity index (χ0v) is 10.6. The van der Waals surface area contributed by atoms with Gasteiger partial charge in [0.15, 0.2) is 0 Å². The molecule has 4 nitrogen and oxygen atoms in total. The van der Waals surface area contributed by atoms with Gasteiger partial charge < -0.3 is 11.1 Å². The van der Waals surface area contributed by atoms with Crippen LogP contribution in [0.1, 0.15) is 5.69 Å². The average Bonchev–Trinajstić information content (AvgIpc) is 2.34. The second kappa shape index (κ2) is 5.24. The van der Waals surface area contributed by atoms with Crippen molar-refractivity contribution in [3.8, 4) is 0 Å². The van der Waals surface area contributed by atoms with Crippen LogP contribution in [0, 0.1) is 5.82 Å². The summed E-state index contributed by atoms with van der Waals surface area (Å²) in [5, 5.41) is 3.00. The second-order valence-electron chi connectivity index (χ2n) is 3.37. The molecule has 0 unspecified atom stereocenters. The third kappa shape index (κ3) is 2.72. The Hall–Kier alpha value is -1.79. The number of rotatable bonds is 3. The smallest absolute Gasteiger partial charge is 0.149 e. The van der Waals surface area contributed by atoms with Crippen LogP contribution in [-0.2, 0) is 0 Å². The summed E-state index contributed by atoms with van der Waals surface area (Å²) in [5.74, 6) is -0.121. The largest absolute Gasteiger partial charge is 0.388 e. The molecular weight excluding hydrogens is 275 g/mol.